The predicted molar refractivity (Wildman–Crippen MR) is 77.5 cm³/mol. The normalized spacial score (nSPS) is 19.2. The van der Waals surface area contributed by atoms with Crippen LogP contribution in [0.3, 0.4) is 0 Å². The fourth-order valence-electron chi connectivity index (χ4n) is 2.48. The van der Waals surface area contributed by atoms with Gasteiger partial charge in [0.2, 0.25) is 0 Å². The summed E-state index contributed by atoms with van der Waals surface area (Å²) >= 11 is 6.52. The van der Waals surface area contributed by atoms with Gasteiger partial charge in [-0.05, 0) is 42.9 Å². The fraction of sp³-hybridized carbons (Fsp3) is 0.625. The number of benzene rings is 1. The molecule has 1 aromatic carbocycles. The van der Waals surface area contributed by atoms with Crippen molar-refractivity contribution < 1.29 is 4.74 Å². The van der Waals surface area contributed by atoms with Crippen molar-refractivity contribution in [2.45, 2.75) is 58.4 Å². The van der Waals surface area contributed by atoms with Crippen molar-refractivity contribution in [3.05, 3.63) is 29.3 Å². The van der Waals surface area contributed by atoms with Crippen LogP contribution in [0.2, 0.25) is 0 Å². The number of ether oxygens (including phenoxy) is 1. The van der Waals surface area contributed by atoms with Gasteiger partial charge >= 0.3 is 0 Å². The highest BCUT2D eigenvalue weighted by molar-refractivity contribution is 6.20. The monoisotopic (exact) mass is 266 g/mol. The van der Waals surface area contributed by atoms with Gasteiger partial charge in [0.15, 0.2) is 0 Å². The quantitative estimate of drug-likeness (QED) is 0.676. The molecule has 1 aliphatic rings. The highest BCUT2D eigenvalue weighted by Gasteiger charge is 2.30. The first kappa shape index (κ1) is 13.7. The molecule has 0 aromatic heterocycles. The number of rotatable bonds is 2. The second-order valence-electron chi connectivity index (χ2n) is 7.14. The Morgan fingerprint density at radius 2 is 2.00 bits per heavy atom. The lowest BCUT2D eigenvalue weighted by atomic mass is 9.88. The van der Waals surface area contributed by atoms with Gasteiger partial charge in [-0.15, -0.1) is 11.6 Å². The standard InChI is InChI=1S/C16H23ClO/c1-15(2,3)10-13(17)11-6-7-14-12(8-11)9-16(4,5)18-14/h6-8,13H,9-10H2,1-5H3. The zero-order valence-corrected chi connectivity index (χ0v) is 12.8. The molecule has 0 N–H and O–H groups in total. The zero-order chi connectivity index (χ0) is 13.6. The molecule has 0 saturated carbocycles. The van der Waals surface area contributed by atoms with Crippen molar-refractivity contribution in [2.75, 3.05) is 0 Å². The van der Waals surface area contributed by atoms with Crippen LogP contribution < -0.4 is 4.74 Å². The molecule has 0 bridgehead atoms. The van der Waals surface area contributed by atoms with Crippen LogP contribution >= 0.6 is 11.6 Å². The van der Waals surface area contributed by atoms with Crippen molar-refractivity contribution >= 4 is 11.6 Å². The van der Waals surface area contributed by atoms with Crippen LogP contribution in [-0.4, -0.2) is 5.60 Å². The van der Waals surface area contributed by atoms with E-state index in [1.54, 1.807) is 0 Å². The highest BCUT2D eigenvalue weighted by atomic mass is 35.5. The lowest BCUT2D eigenvalue weighted by Crippen LogP contribution is -2.24. The molecule has 1 aliphatic heterocycles. The summed E-state index contributed by atoms with van der Waals surface area (Å²) in [5.41, 5.74) is 2.68. The molecule has 0 aliphatic carbocycles. The van der Waals surface area contributed by atoms with Crippen molar-refractivity contribution in [2.24, 2.45) is 5.41 Å². The smallest absolute Gasteiger partial charge is 0.123 e. The topological polar surface area (TPSA) is 9.23 Å². The van der Waals surface area contributed by atoms with E-state index >= 15 is 0 Å². The maximum absolute atomic E-state index is 6.52. The van der Waals surface area contributed by atoms with Gasteiger partial charge in [0.25, 0.3) is 0 Å². The van der Waals surface area contributed by atoms with Crippen LogP contribution in [0.15, 0.2) is 18.2 Å². The summed E-state index contributed by atoms with van der Waals surface area (Å²) in [7, 11) is 0. The summed E-state index contributed by atoms with van der Waals surface area (Å²) in [6, 6.07) is 6.38. The largest absolute Gasteiger partial charge is 0.487 e. The highest BCUT2D eigenvalue weighted by Crippen LogP contribution is 2.39. The number of halogens is 1. The van der Waals surface area contributed by atoms with E-state index in [4.69, 9.17) is 16.3 Å². The zero-order valence-electron chi connectivity index (χ0n) is 12.0. The minimum Gasteiger partial charge on any atom is -0.487 e. The first-order valence-corrected chi connectivity index (χ1v) is 7.06. The minimum absolute atomic E-state index is 0.0766. The number of fused-ring (bicyclic) bond motifs is 1. The maximum Gasteiger partial charge on any atom is 0.123 e. The maximum atomic E-state index is 6.52. The van der Waals surface area contributed by atoms with Gasteiger partial charge in [-0.2, -0.15) is 0 Å². The van der Waals surface area contributed by atoms with Gasteiger partial charge in [-0.1, -0.05) is 32.9 Å². The van der Waals surface area contributed by atoms with E-state index in [2.05, 4.69) is 52.8 Å². The second-order valence-corrected chi connectivity index (χ2v) is 7.66. The Balaban J connectivity index is 2.18. The first-order chi connectivity index (χ1) is 8.16. The average Bonchev–Trinajstić information content (AvgIpc) is 2.47. The van der Waals surface area contributed by atoms with Crippen molar-refractivity contribution in [1.29, 1.82) is 0 Å². The molecule has 0 amide bonds. The fourth-order valence-corrected chi connectivity index (χ4v) is 3.08. The van der Waals surface area contributed by atoms with Gasteiger partial charge in [-0.3, -0.25) is 0 Å². The molecule has 18 heavy (non-hydrogen) atoms. The average molecular weight is 267 g/mol. The van der Waals surface area contributed by atoms with E-state index in [0.717, 1.165) is 18.6 Å². The van der Waals surface area contributed by atoms with Crippen LogP contribution in [0.25, 0.3) is 0 Å². The Morgan fingerprint density at radius 3 is 2.61 bits per heavy atom. The summed E-state index contributed by atoms with van der Waals surface area (Å²) in [5.74, 6) is 1.02. The Bertz CT molecular complexity index is 443. The van der Waals surface area contributed by atoms with Gasteiger partial charge in [-0.25, -0.2) is 0 Å². The molecule has 1 heterocycles. The molecule has 2 heteroatoms. The van der Waals surface area contributed by atoms with E-state index in [1.807, 2.05) is 0 Å². The lowest BCUT2D eigenvalue weighted by molar-refractivity contribution is 0.138. The molecular formula is C16H23ClO. The second kappa shape index (κ2) is 4.45. The third kappa shape index (κ3) is 3.20. The summed E-state index contributed by atoms with van der Waals surface area (Å²) in [4.78, 5) is 0. The van der Waals surface area contributed by atoms with E-state index in [1.165, 1.54) is 11.1 Å². The van der Waals surface area contributed by atoms with Gasteiger partial charge in [0.05, 0.1) is 5.38 Å². The van der Waals surface area contributed by atoms with Crippen LogP contribution in [0.5, 0.6) is 5.75 Å². The molecule has 1 aromatic rings. The van der Waals surface area contributed by atoms with Gasteiger partial charge in [0, 0.05) is 6.42 Å². The summed E-state index contributed by atoms with van der Waals surface area (Å²) in [6.45, 7) is 10.9. The molecule has 1 atom stereocenters. The molecule has 1 nitrogen and oxygen atoms in total. The van der Waals surface area contributed by atoms with Gasteiger partial charge in [0.1, 0.15) is 11.4 Å². The third-order valence-corrected chi connectivity index (χ3v) is 3.65. The molecule has 0 saturated heterocycles. The van der Waals surface area contributed by atoms with E-state index in [0.29, 0.717) is 0 Å². The molecule has 1 unspecified atom stereocenters. The molecule has 0 spiro atoms. The van der Waals surface area contributed by atoms with E-state index < -0.39 is 0 Å². The molecule has 0 radical (unpaired) electrons. The van der Waals surface area contributed by atoms with Crippen molar-refractivity contribution in [3.63, 3.8) is 0 Å². The molecule has 2 rings (SSSR count). The van der Waals surface area contributed by atoms with Crippen molar-refractivity contribution in [1.82, 2.24) is 0 Å². The van der Waals surface area contributed by atoms with Crippen LogP contribution in [0.4, 0.5) is 0 Å². The Morgan fingerprint density at radius 1 is 1.33 bits per heavy atom. The first-order valence-electron chi connectivity index (χ1n) is 6.62. The van der Waals surface area contributed by atoms with Gasteiger partial charge < -0.3 is 4.74 Å². The SMILES string of the molecule is CC(C)(C)CC(Cl)c1ccc2c(c1)CC(C)(C)O2. The van der Waals surface area contributed by atoms with Crippen LogP contribution in [-0.2, 0) is 6.42 Å². The van der Waals surface area contributed by atoms with E-state index in [9.17, 15) is 0 Å². The Hall–Kier alpha value is -0.690. The summed E-state index contributed by atoms with van der Waals surface area (Å²) in [6.07, 6.45) is 1.95. The predicted octanol–water partition coefficient (Wildman–Crippen LogP) is 5.12. The van der Waals surface area contributed by atoms with Crippen LogP contribution in [0, 0.1) is 5.41 Å². The molecule has 100 valence electrons. The number of hydrogen-bond donors (Lipinski definition) is 0. The summed E-state index contributed by atoms with van der Waals surface area (Å²) in [5, 5.41) is 0.0824. The third-order valence-electron chi connectivity index (χ3n) is 3.24. The Labute approximate surface area is 115 Å². The molecule has 0 fully saturated rings. The number of hydrogen-bond acceptors (Lipinski definition) is 1. The van der Waals surface area contributed by atoms with Crippen molar-refractivity contribution in [3.8, 4) is 5.75 Å². The van der Waals surface area contributed by atoms with E-state index in [-0.39, 0.29) is 16.4 Å². The number of alkyl halides is 1. The Kier molecular flexibility index (Phi) is 3.40. The lowest BCUT2D eigenvalue weighted by Gasteiger charge is -2.22. The molecular weight excluding hydrogens is 244 g/mol. The summed E-state index contributed by atoms with van der Waals surface area (Å²) < 4.78 is 5.89. The van der Waals surface area contributed by atoms with Crippen LogP contribution in [0.1, 0.15) is 57.5 Å². The minimum atomic E-state index is -0.0766.